The quantitative estimate of drug-likeness (QED) is 0.635. The average Bonchev–Trinajstić information content (AvgIpc) is 3.29. The van der Waals surface area contributed by atoms with Gasteiger partial charge in [-0.05, 0) is 47.3 Å². The number of unbranched alkanes of at least 4 members (excludes halogenated alkanes) is 1. The summed E-state index contributed by atoms with van der Waals surface area (Å²) in [5.41, 5.74) is 0. The van der Waals surface area contributed by atoms with Crippen molar-refractivity contribution in [2.45, 2.75) is 43.2 Å². The third kappa shape index (κ3) is 5.14. The zero-order valence-corrected chi connectivity index (χ0v) is 18.9. The molecule has 27 heavy (non-hydrogen) atoms. The number of nitrogens with zero attached hydrogens (tertiary/aromatic N) is 3. The lowest BCUT2D eigenvalue weighted by Crippen LogP contribution is -2.43. The Morgan fingerprint density at radius 3 is 2.89 bits per heavy atom. The Hall–Kier alpha value is -0.880. The fraction of sp³-hybridized carbons (Fsp3) is 0.562. The van der Waals surface area contributed by atoms with Gasteiger partial charge in [0.05, 0.1) is 9.70 Å². The Labute approximate surface area is 175 Å². The van der Waals surface area contributed by atoms with Crippen molar-refractivity contribution in [1.29, 1.82) is 0 Å². The fourth-order valence-corrected chi connectivity index (χ4v) is 7.35. The minimum atomic E-state index is -3.57. The first-order valence-electron chi connectivity index (χ1n) is 8.79. The summed E-state index contributed by atoms with van der Waals surface area (Å²) in [4.78, 5) is 12.6. The van der Waals surface area contributed by atoms with E-state index in [0.717, 1.165) is 28.1 Å². The third-order valence-electron chi connectivity index (χ3n) is 4.34. The maximum atomic E-state index is 12.8. The van der Waals surface area contributed by atoms with Crippen molar-refractivity contribution in [1.82, 2.24) is 14.5 Å². The van der Waals surface area contributed by atoms with Gasteiger partial charge < -0.3 is 5.32 Å². The highest BCUT2D eigenvalue weighted by molar-refractivity contribution is 9.11. The van der Waals surface area contributed by atoms with Crippen LogP contribution in [-0.2, 0) is 21.2 Å². The number of hydrogen-bond acceptors (Lipinski definition) is 7. The summed E-state index contributed by atoms with van der Waals surface area (Å²) in [5.74, 6) is -0.583. The fourth-order valence-electron chi connectivity index (χ4n) is 2.88. The molecule has 0 bridgehead atoms. The minimum absolute atomic E-state index is 0.186. The molecule has 0 saturated carbocycles. The van der Waals surface area contributed by atoms with Crippen molar-refractivity contribution in [3.63, 3.8) is 0 Å². The van der Waals surface area contributed by atoms with Crippen LogP contribution in [0, 0.1) is 5.92 Å². The molecule has 148 valence electrons. The third-order valence-corrected chi connectivity index (χ3v) is 9.19. The summed E-state index contributed by atoms with van der Waals surface area (Å²) < 4.78 is 28.1. The smallest absolute Gasteiger partial charge is 0.252 e. The van der Waals surface area contributed by atoms with Gasteiger partial charge in [-0.15, -0.1) is 21.5 Å². The molecule has 11 heteroatoms. The largest absolute Gasteiger partial charge is 0.300 e. The molecule has 0 aromatic carbocycles. The van der Waals surface area contributed by atoms with Crippen molar-refractivity contribution in [2.24, 2.45) is 5.92 Å². The van der Waals surface area contributed by atoms with E-state index in [4.69, 9.17) is 0 Å². The van der Waals surface area contributed by atoms with E-state index >= 15 is 0 Å². The molecular weight excluding hydrogens is 472 g/mol. The summed E-state index contributed by atoms with van der Waals surface area (Å²) in [6.45, 7) is 2.73. The van der Waals surface area contributed by atoms with E-state index in [1.165, 1.54) is 27.0 Å². The molecule has 1 unspecified atom stereocenters. The van der Waals surface area contributed by atoms with Crippen LogP contribution in [0.1, 0.15) is 37.6 Å². The molecule has 0 aliphatic carbocycles. The highest BCUT2D eigenvalue weighted by Crippen LogP contribution is 2.31. The van der Waals surface area contributed by atoms with E-state index in [1.807, 2.05) is 0 Å². The molecule has 1 N–H and O–H groups in total. The first-order chi connectivity index (χ1) is 12.9. The highest BCUT2D eigenvalue weighted by Gasteiger charge is 2.34. The number of aryl methyl sites for hydroxylation is 1. The lowest BCUT2D eigenvalue weighted by molar-refractivity contribution is -0.120. The van der Waals surface area contributed by atoms with Crippen LogP contribution in [0.4, 0.5) is 5.13 Å². The zero-order valence-electron chi connectivity index (χ0n) is 14.9. The highest BCUT2D eigenvalue weighted by atomic mass is 79.9. The molecule has 1 aliphatic heterocycles. The second-order valence-corrected chi connectivity index (χ2v) is 12.0. The number of carbonyl (C=O) groups excluding carboxylic acids is 1. The molecule has 3 rings (SSSR count). The number of hydrogen-bond donors (Lipinski definition) is 1. The number of carbonyl (C=O) groups is 1. The topological polar surface area (TPSA) is 92.3 Å². The van der Waals surface area contributed by atoms with Gasteiger partial charge in [-0.2, -0.15) is 4.31 Å². The average molecular weight is 493 g/mol. The van der Waals surface area contributed by atoms with Crippen molar-refractivity contribution < 1.29 is 13.2 Å². The number of rotatable bonds is 7. The SMILES string of the molecule is CCCCc1nnc(NC(=O)C2CCCN(S(=O)(=O)c3ccc(Br)s3)C2)s1. The van der Waals surface area contributed by atoms with E-state index in [1.54, 1.807) is 12.1 Å². The molecule has 2 aromatic rings. The van der Waals surface area contributed by atoms with Crippen LogP contribution in [0.2, 0.25) is 0 Å². The number of aromatic nitrogens is 2. The lowest BCUT2D eigenvalue weighted by atomic mass is 9.99. The monoisotopic (exact) mass is 492 g/mol. The van der Waals surface area contributed by atoms with E-state index in [-0.39, 0.29) is 18.4 Å². The van der Waals surface area contributed by atoms with Crippen molar-refractivity contribution in [3.8, 4) is 0 Å². The summed E-state index contributed by atoms with van der Waals surface area (Å²) in [5, 5.41) is 12.3. The summed E-state index contributed by atoms with van der Waals surface area (Å²) in [6, 6.07) is 3.31. The number of nitrogens with one attached hydrogen (secondary N) is 1. The van der Waals surface area contributed by atoms with Gasteiger partial charge >= 0.3 is 0 Å². The van der Waals surface area contributed by atoms with Gasteiger partial charge in [0.1, 0.15) is 9.22 Å². The van der Waals surface area contributed by atoms with Gasteiger partial charge in [0.25, 0.3) is 10.0 Å². The number of halogens is 1. The van der Waals surface area contributed by atoms with Crippen LogP contribution in [0.5, 0.6) is 0 Å². The van der Waals surface area contributed by atoms with E-state index in [0.29, 0.717) is 28.7 Å². The first kappa shape index (κ1) is 20.8. The Morgan fingerprint density at radius 1 is 1.37 bits per heavy atom. The zero-order chi connectivity index (χ0) is 19.4. The van der Waals surface area contributed by atoms with Gasteiger partial charge in [-0.3, -0.25) is 4.79 Å². The van der Waals surface area contributed by atoms with Gasteiger partial charge in [-0.1, -0.05) is 24.7 Å². The molecule has 0 radical (unpaired) electrons. The van der Waals surface area contributed by atoms with Gasteiger partial charge in [0, 0.05) is 19.5 Å². The molecule has 3 heterocycles. The standard InChI is InChI=1S/C16H21BrN4O3S3/c1-2-3-6-13-19-20-16(26-13)18-15(22)11-5-4-9-21(10-11)27(23,24)14-8-7-12(17)25-14/h7-8,11H,2-6,9-10H2,1H3,(H,18,20,22). The Kier molecular flexibility index (Phi) is 7.01. The molecule has 1 aliphatic rings. The Morgan fingerprint density at radius 2 is 2.19 bits per heavy atom. The molecule has 0 spiro atoms. The Balaban J connectivity index is 1.63. The van der Waals surface area contributed by atoms with E-state index in [2.05, 4.69) is 38.4 Å². The number of thiophene rings is 1. The molecule has 2 aromatic heterocycles. The van der Waals surface area contributed by atoms with Crippen LogP contribution in [0.3, 0.4) is 0 Å². The first-order valence-corrected chi connectivity index (χ1v) is 12.7. The van der Waals surface area contributed by atoms with Crippen molar-refractivity contribution in [2.75, 3.05) is 18.4 Å². The molecule has 1 amide bonds. The maximum absolute atomic E-state index is 12.8. The van der Waals surface area contributed by atoms with Gasteiger partial charge in [0.2, 0.25) is 11.0 Å². The van der Waals surface area contributed by atoms with Crippen LogP contribution >= 0.6 is 38.6 Å². The summed E-state index contributed by atoms with van der Waals surface area (Å²) in [7, 11) is -3.57. The number of amides is 1. The molecule has 1 saturated heterocycles. The minimum Gasteiger partial charge on any atom is -0.300 e. The van der Waals surface area contributed by atoms with Crippen LogP contribution in [0.25, 0.3) is 0 Å². The lowest BCUT2D eigenvalue weighted by Gasteiger charge is -2.30. The predicted molar refractivity (Wildman–Crippen MR) is 111 cm³/mol. The maximum Gasteiger partial charge on any atom is 0.252 e. The second kappa shape index (κ2) is 9.08. The second-order valence-electron chi connectivity index (χ2n) is 6.35. The normalized spacial score (nSPS) is 18.5. The summed E-state index contributed by atoms with van der Waals surface area (Å²) >= 11 is 5.86. The predicted octanol–water partition coefficient (Wildman–Crippen LogP) is 3.74. The molecule has 1 fully saturated rings. The molecular formula is C16H21BrN4O3S3. The van der Waals surface area contributed by atoms with Gasteiger partial charge in [-0.25, -0.2) is 8.42 Å². The number of anilines is 1. The molecule has 7 nitrogen and oxygen atoms in total. The van der Waals surface area contributed by atoms with Gasteiger partial charge in [0.15, 0.2) is 0 Å². The summed E-state index contributed by atoms with van der Waals surface area (Å²) in [6.07, 6.45) is 4.29. The Bertz CT molecular complexity index is 896. The van der Waals surface area contributed by atoms with Crippen LogP contribution in [-0.4, -0.2) is 41.9 Å². The number of piperidine rings is 1. The van der Waals surface area contributed by atoms with E-state index < -0.39 is 10.0 Å². The van der Waals surface area contributed by atoms with Crippen LogP contribution < -0.4 is 5.32 Å². The van der Waals surface area contributed by atoms with Crippen molar-refractivity contribution >= 4 is 59.7 Å². The van der Waals surface area contributed by atoms with Crippen LogP contribution in [0.15, 0.2) is 20.1 Å². The number of sulfonamides is 1. The van der Waals surface area contributed by atoms with E-state index in [9.17, 15) is 13.2 Å². The molecule has 1 atom stereocenters. The van der Waals surface area contributed by atoms with Crippen molar-refractivity contribution in [3.05, 3.63) is 20.9 Å².